The van der Waals surface area contributed by atoms with Crippen LogP contribution in [-0.4, -0.2) is 31.5 Å². The Kier molecular flexibility index (Phi) is 4.02. The molecule has 0 aliphatic carbocycles. The van der Waals surface area contributed by atoms with Crippen LogP contribution in [0, 0.1) is 0 Å². The molecule has 1 aliphatic heterocycles. The van der Waals surface area contributed by atoms with E-state index in [9.17, 15) is 4.79 Å². The summed E-state index contributed by atoms with van der Waals surface area (Å²) in [4.78, 5) is 11.1. The average Bonchev–Trinajstić information content (AvgIpc) is 2.04. The lowest BCUT2D eigenvalue weighted by Gasteiger charge is -2.22. The Hall–Kier alpha value is -0.770. The Morgan fingerprint density at radius 2 is 2.00 bits per heavy atom. The standard InChI is InChI=1S/C9H17NO3/c1-7(2)12-9(11)13-8-3-5-10-6-4-8/h7-8,10H,3-6H2,1-2H3. The van der Waals surface area contributed by atoms with Crippen LogP contribution in [0.2, 0.25) is 0 Å². The molecule has 1 saturated heterocycles. The van der Waals surface area contributed by atoms with E-state index in [0.29, 0.717) is 0 Å². The first-order chi connectivity index (χ1) is 6.18. The van der Waals surface area contributed by atoms with Crippen LogP contribution >= 0.6 is 0 Å². The van der Waals surface area contributed by atoms with E-state index < -0.39 is 6.16 Å². The van der Waals surface area contributed by atoms with Gasteiger partial charge in [0.05, 0.1) is 6.10 Å². The minimum absolute atomic E-state index is 0.0347. The summed E-state index contributed by atoms with van der Waals surface area (Å²) in [6.07, 6.45) is 1.16. The SMILES string of the molecule is CC(C)OC(=O)OC1CCNCC1. The first-order valence-corrected chi connectivity index (χ1v) is 4.76. The molecule has 0 spiro atoms. The van der Waals surface area contributed by atoms with Gasteiger partial charge >= 0.3 is 6.16 Å². The van der Waals surface area contributed by atoms with E-state index in [1.54, 1.807) is 0 Å². The predicted molar refractivity (Wildman–Crippen MR) is 48.6 cm³/mol. The summed E-state index contributed by atoms with van der Waals surface area (Å²) < 4.78 is 9.97. The van der Waals surface area contributed by atoms with E-state index in [0.717, 1.165) is 25.9 Å². The maximum absolute atomic E-state index is 11.1. The normalized spacial score (nSPS) is 18.7. The molecule has 0 aromatic heterocycles. The number of ether oxygens (including phenoxy) is 2. The number of piperidine rings is 1. The van der Waals surface area contributed by atoms with Gasteiger partial charge in [0.1, 0.15) is 6.10 Å². The molecule has 4 heteroatoms. The van der Waals surface area contributed by atoms with Gasteiger partial charge in [-0.25, -0.2) is 4.79 Å². The summed E-state index contributed by atoms with van der Waals surface area (Å²) >= 11 is 0. The topological polar surface area (TPSA) is 47.6 Å². The zero-order chi connectivity index (χ0) is 9.68. The fourth-order valence-corrected chi connectivity index (χ4v) is 1.27. The fourth-order valence-electron chi connectivity index (χ4n) is 1.27. The smallest absolute Gasteiger partial charge is 0.432 e. The highest BCUT2D eigenvalue weighted by molar-refractivity contribution is 5.60. The molecule has 0 bridgehead atoms. The highest BCUT2D eigenvalue weighted by Gasteiger charge is 2.18. The molecule has 1 heterocycles. The van der Waals surface area contributed by atoms with Crippen molar-refractivity contribution in [2.75, 3.05) is 13.1 Å². The summed E-state index contributed by atoms with van der Waals surface area (Å²) in [6, 6.07) is 0. The van der Waals surface area contributed by atoms with Gasteiger partial charge in [0.15, 0.2) is 0 Å². The van der Waals surface area contributed by atoms with E-state index in [4.69, 9.17) is 9.47 Å². The molecule has 13 heavy (non-hydrogen) atoms. The molecular weight excluding hydrogens is 170 g/mol. The number of nitrogens with one attached hydrogen (secondary N) is 1. The first kappa shape index (κ1) is 10.3. The van der Waals surface area contributed by atoms with Gasteiger partial charge in [-0.1, -0.05) is 0 Å². The molecule has 0 saturated carbocycles. The molecule has 0 unspecified atom stereocenters. The first-order valence-electron chi connectivity index (χ1n) is 4.76. The Balaban J connectivity index is 2.18. The van der Waals surface area contributed by atoms with E-state index in [1.165, 1.54) is 0 Å². The third kappa shape index (κ3) is 4.12. The van der Waals surface area contributed by atoms with Crippen molar-refractivity contribution in [1.29, 1.82) is 0 Å². The fraction of sp³-hybridized carbons (Fsp3) is 0.889. The second kappa shape index (κ2) is 5.07. The van der Waals surface area contributed by atoms with Crippen molar-refractivity contribution >= 4 is 6.16 Å². The zero-order valence-electron chi connectivity index (χ0n) is 8.21. The quantitative estimate of drug-likeness (QED) is 0.662. The number of hydrogen-bond donors (Lipinski definition) is 1. The highest BCUT2D eigenvalue weighted by Crippen LogP contribution is 2.08. The number of carbonyl (C=O) groups is 1. The van der Waals surface area contributed by atoms with Gasteiger partial charge in [-0.2, -0.15) is 0 Å². The summed E-state index contributed by atoms with van der Waals surface area (Å²) in [6.45, 7) is 5.45. The van der Waals surface area contributed by atoms with Crippen molar-refractivity contribution in [1.82, 2.24) is 5.32 Å². The largest absolute Gasteiger partial charge is 0.508 e. The van der Waals surface area contributed by atoms with Crippen molar-refractivity contribution in [2.24, 2.45) is 0 Å². The van der Waals surface area contributed by atoms with Gasteiger partial charge in [-0.3, -0.25) is 0 Å². The van der Waals surface area contributed by atoms with E-state index in [1.807, 2.05) is 13.8 Å². The van der Waals surface area contributed by atoms with Crippen LogP contribution in [-0.2, 0) is 9.47 Å². The van der Waals surface area contributed by atoms with Crippen LogP contribution < -0.4 is 5.32 Å². The number of carbonyl (C=O) groups excluding carboxylic acids is 1. The van der Waals surface area contributed by atoms with Gasteiger partial charge in [0.2, 0.25) is 0 Å². The van der Waals surface area contributed by atoms with Crippen LogP contribution in [0.15, 0.2) is 0 Å². The lowest BCUT2D eigenvalue weighted by atomic mass is 10.1. The van der Waals surface area contributed by atoms with E-state index in [-0.39, 0.29) is 12.2 Å². The summed E-state index contributed by atoms with van der Waals surface area (Å²) in [5.41, 5.74) is 0. The van der Waals surface area contributed by atoms with Crippen LogP contribution in [0.3, 0.4) is 0 Å². The van der Waals surface area contributed by atoms with Crippen LogP contribution in [0.4, 0.5) is 4.79 Å². The molecule has 4 nitrogen and oxygen atoms in total. The molecule has 0 atom stereocenters. The minimum Gasteiger partial charge on any atom is -0.432 e. The van der Waals surface area contributed by atoms with Crippen molar-refractivity contribution in [3.63, 3.8) is 0 Å². The van der Waals surface area contributed by atoms with E-state index >= 15 is 0 Å². The van der Waals surface area contributed by atoms with Crippen molar-refractivity contribution < 1.29 is 14.3 Å². The predicted octanol–water partition coefficient (Wildman–Crippen LogP) is 1.30. The zero-order valence-corrected chi connectivity index (χ0v) is 8.21. The monoisotopic (exact) mass is 187 g/mol. The molecule has 1 N–H and O–H groups in total. The van der Waals surface area contributed by atoms with Crippen molar-refractivity contribution in [2.45, 2.75) is 38.9 Å². The van der Waals surface area contributed by atoms with Gasteiger partial charge in [0.25, 0.3) is 0 Å². The molecule has 0 amide bonds. The average molecular weight is 187 g/mol. The molecule has 1 aliphatic rings. The second-order valence-corrected chi connectivity index (χ2v) is 3.48. The Bertz CT molecular complexity index is 164. The Labute approximate surface area is 78.6 Å². The summed E-state index contributed by atoms with van der Waals surface area (Å²) in [5.74, 6) is 0. The molecule has 76 valence electrons. The lowest BCUT2D eigenvalue weighted by molar-refractivity contribution is -0.00104. The van der Waals surface area contributed by atoms with Crippen molar-refractivity contribution in [3.8, 4) is 0 Å². The highest BCUT2D eigenvalue weighted by atomic mass is 16.7. The van der Waals surface area contributed by atoms with Crippen LogP contribution in [0.1, 0.15) is 26.7 Å². The van der Waals surface area contributed by atoms with Gasteiger partial charge in [-0.05, 0) is 39.8 Å². The van der Waals surface area contributed by atoms with E-state index in [2.05, 4.69) is 5.32 Å². The molecule has 1 fully saturated rings. The number of hydrogen-bond acceptors (Lipinski definition) is 4. The maximum Gasteiger partial charge on any atom is 0.508 e. The lowest BCUT2D eigenvalue weighted by Crippen LogP contribution is -2.34. The van der Waals surface area contributed by atoms with Crippen LogP contribution in [0.5, 0.6) is 0 Å². The second-order valence-electron chi connectivity index (χ2n) is 3.48. The van der Waals surface area contributed by atoms with Gasteiger partial charge in [-0.15, -0.1) is 0 Å². The van der Waals surface area contributed by atoms with Gasteiger partial charge < -0.3 is 14.8 Å². The minimum atomic E-state index is -0.540. The molecule has 0 aromatic carbocycles. The third-order valence-corrected chi connectivity index (χ3v) is 1.88. The Morgan fingerprint density at radius 3 is 2.54 bits per heavy atom. The molecule has 0 radical (unpaired) electrons. The number of rotatable bonds is 2. The van der Waals surface area contributed by atoms with Crippen LogP contribution in [0.25, 0.3) is 0 Å². The Morgan fingerprint density at radius 1 is 1.38 bits per heavy atom. The summed E-state index contributed by atoms with van der Waals surface area (Å²) in [7, 11) is 0. The molecule has 0 aromatic rings. The third-order valence-electron chi connectivity index (χ3n) is 1.88. The maximum atomic E-state index is 11.1. The summed E-state index contributed by atoms with van der Waals surface area (Å²) in [5, 5.41) is 3.20. The molecule has 1 rings (SSSR count). The van der Waals surface area contributed by atoms with Gasteiger partial charge in [0, 0.05) is 0 Å². The van der Waals surface area contributed by atoms with Crippen molar-refractivity contribution in [3.05, 3.63) is 0 Å². The molecular formula is C9H17NO3.